The molecule has 1 aromatic heterocycles. The van der Waals surface area contributed by atoms with Crippen molar-refractivity contribution in [2.45, 2.75) is 32.4 Å². The molecule has 0 atom stereocenters. The number of hydrogen-bond donors (Lipinski definition) is 0. The quantitative estimate of drug-likeness (QED) is 0.349. The van der Waals surface area contributed by atoms with Gasteiger partial charge in [0, 0.05) is 14.7 Å². The Morgan fingerprint density at radius 2 is 2.24 bits per heavy atom. The second kappa shape index (κ2) is 5.74. The van der Waals surface area contributed by atoms with Crippen LogP contribution in [0.3, 0.4) is 0 Å². The van der Waals surface area contributed by atoms with Gasteiger partial charge in [-0.05, 0) is 26.9 Å². The summed E-state index contributed by atoms with van der Waals surface area (Å²) in [6.07, 6.45) is 1.55. The predicted molar refractivity (Wildman–Crippen MR) is 70.7 cm³/mol. The number of rotatable bonds is 6. The fraction of sp³-hybridized carbons (Fsp3) is 0.667. The lowest BCUT2D eigenvalue weighted by Crippen LogP contribution is -2.22. The average Bonchev–Trinajstić information content (AvgIpc) is 2.53. The van der Waals surface area contributed by atoms with Crippen LogP contribution >= 0.6 is 15.9 Å². The zero-order valence-electron chi connectivity index (χ0n) is 10.1. The van der Waals surface area contributed by atoms with Gasteiger partial charge >= 0.3 is 5.82 Å². The molecule has 0 aliphatic heterocycles. The first-order chi connectivity index (χ1) is 7.79. The topological polar surface area (TPSA) is 70.2 Å². The zero-order valence-corrected chi connectivity index (χ0v) is 12.7. The maximum Gasteiger partial charge on any atom is 0.404 e. The Morgan fingerprint density at radius 3 is 2.71 bits per heavy atom. The highest BCUT2D eigenvalue weighted by Gasteiger charge is 2.18. The molecule has 0 saturated heterocycles. The first kappa shape index (κ1) is 14.3. The van der Waals surface area contributed by atoms with Gasteiger partial charge in [-0.15, -0.1) is 0 Å². The fourth-order valence-electron chi connectivity index (χ4n) is 1.11. The standard InChI is InChI=1S/C9H16BrN3O3Si/c1-17(2,3)5-4-16-7-12-6-8(10)9(11-12)13(14)15/h6H,4-5,7H2,1-3H3. The Kier molecular flexibility index (Phi) is 4.84. The Hall–Kier alpha value is -0.733. The number of hydrogen-bond acceptors (Lipinski definition) is 4. The van der Waals surface area contributed by atoms with Crippen molar-refractivity contribution in [1.82, 2.24) is 9.78 Å². The number of nitro groups is 1. The maximum atomic E-state index is 10.6. The molecule has 0 spiro atoms. The van der Waals surface area contributed by atoms with Crippen LogP contribution in [0.1, 0.15) is 0 Å². The number of nitrogens with zero attached hydrogens (tertiary/aromatic N) is 3. The molecule has 0 radical (unpaired) electrons. The molecule has 6 nitrogen and oxygen atoms in total. The van der Waals surface area contributed by atoms with Crippen molar-refractivity contribution >= 4 is 29.8 Å². The van der Waals surface area contributed by atoms with Crippen LogP contribution in [-0.2, 0) is 11.5 Å². The summed E-state index contributed by atoms with van der Waals surface area (Å²) >= 11 is 3.08. The van der Waals surface area contributed by atoms with Crippen molar-refractivity contribution in [3.05, 3.63) is 20.8 Å². The molecule has 0 fully saturated rings. The summed E-state index contributed by atoms with van der Waals surface area (Å²) in [7, 11) is -1.09. The van der Waals surface area contributed by atoms with Gasteiger partial charge in [0.1, 0.15) is 4.47 Å². The summed E-state index contributed by atoms with van der Waals surface area (Å²) in [4.78, 5) is 10.0. The molecule has 0 unspecified atom stereocenters. The lowest BCUT2D eigenvalue weighted by atomic mass is 10.7. The maximum absolute atomic E-state index is 10.6. The molecule has 8 heteroatoms. The molecule has 0 N–H and O–H groups in total. The smallest absolute Gasteiger partial charge is 0.358 e. The van der Waals surface area contributed by atoms with Gasteiger partial charge < -0.3 is 14.9 Å². The summed E-state index contributed by atoms with van der Waals surface area (Å²) in [5.74, 6) is -0.182. The van der Waals surface area contributed by atoms with E-state index in [1.165, 1.54) is 4.68 Å². The van der Waals surface area contributed by atoms with Crippen molar-refractivity contribution in [3.8, 4) is 0 Å². The fourth-order valence-corrected chi connectivity index (χ4v) is 2.33. The summed E-state index contributed by atoms with van der Waals surface area (Å²) < 4.78 is 7.23. The van der Waals surface area contributed by atoms with E-state index in [1.807, 2.05) is 0 Å². The average molecular weight is 322 g/mol. The number of ether oxygens (including phenoxy) is 1. The lowest BCUT2D eigenvalue weighted by molar-refractivity contribution is -0.390. The van der Waals surface area contributed by atoms with E-state index in [9.17, 15) is 10.1 Å². The molecule has 0 amide bonds. The Balaban J connectivity index is 2.43. The molecule has 0 bridgehead atoms. The molecule has 1 rings (SSSR count). The van der Waals surface area contributed by atoms with E-state index in [1.54, 1.807) is 6.20 Å². The monoisotopic (exact) mass is 321 g/mol. The van der Waals surface area contributed by atoms with Crippen molar-refractivity contribution in [2.24, 2.45) is 0 Å². The van der Waals surface area contributed by atoms with Crippen LogP contribution < -0.4 is 0 Å². The second-order valence-electron chi connectivity index (χ2n) is 4.95. The minimum absolute atomic E-state index is 0.182. The van der Waals surface area contributed by atoms with Crippen molar-refractivity contribution in [3.63, 3.8) is 0 Å². The molecule has 0 aromatic carbocycles. The normalized spacial score (nSPS) is 11.8. The van der Waals surface area contributed by atoms with Crippen LogP contribution in [0.4, 0.5) is 5.82 Å². The second-order valence-corrected chi connectivity index (χ2v) is 11.4. The van der Waals surface area contributed by atoms with Crippen LogP contribution in [0.5, 0.6) is 0 Å². The van der Waals surface area contributed by atoms with Gasteiger partial charge in [-0.1, -0.05) is 19.6 Å². The molecule has 0 aliphatic carbocycles. The Labute approximate surface area is 109 Å². The Morgan fingerprint density at radius 1 is 1.59 bits per heavy atom. The van der Waals surface area contributed by atoms with E-state index in [2.05, 4.69) is 40.7 Å². The summed E-state index contributed by atoms with van der Waals surface area (Å²) in [6.45, 7) is 7.72. The van der Waals surface area contributed by atoms with Crippen molar-refractivity contribution in [2.75, 3.05) is 6.61 Å². The molecule has 0 aliphatic rings. The minimum Gasteiger partial charge on any atom is -0.358 e. The van der Waals surface area contributed by atoms with Gasteiger partial charge in [-0.3, -0.25) is 0 Å². The van der Waals surface area contributed by atoms with Gasteiger partial charge in [0.2, 0.25) is 0 Å². The third-order valence-electron chi connectivity index (χ3n) is 2.09. The van der Waals surface area contributed by atoms with E-state index in [4.69, 9.17) is 4.74 Å². The van der Waals surface area contributed by atoms with Gasteiger partial charge in [0.25, 0.3) is 0 Å². The highest BCUT2D eigenvalue weighted by Crippen LogP contribution is 2.21. The van der Waals surface area contributed by atoms with E-state index < -0.39 is 13.0 Å². The largest absolute Gasteiger partial charge is 0.404 e. The molecular formula is C9H16BrN3O3Si. The molecule has 1 aromatic rings. The van der Waals surface area contributed by atoms with Crippen LogP contribution in [0.2, 0.25) is 25.7 Å². The molecule has 1 heterocycles. The summed E-state index contributed by atoms with van der Waals surface area (Å²) in [5, 5.41) is 14.4. The van der Waals surface area contributed by atoms with Gasteiger partial charge in [0.15, 0.2) is 6.73 Å². The highest BCUT2D eigenvalue weighted by molar-refractivity contribution is 9.10. The van der Waals surface area contributed by atoms with Gasteiger partial charge in [0.05, 0.1) is 11.3 Å². The SMILES string of the molecule is C[Si](C)(C)CCOCn1cc(Br)c([N+](=O)[O-])n1. The summed E-state index contributed by atoms with van der Waals surface area (Å²) in [6, 6.07) is 1.07. The van der Waals surface area contributed by atoms with Gasteiger partial charge in [-0.25, -0.2) is 0 Å². The highest BCUT2D eigenvalue weighted by atomic mass is 79.9. The molecule has 0 saturated carbocycles. The third-order valence-corrected chi connectivity index (χ3v) is 4.36. The zero-order chi connectivity index (χ0) is 13.1. The molecule has 17 heavy (non-hydrogen) atoms. The van der Waals surface area contributed by atoms with Gasteiger partial charge in [-0.2, -0.15) is 4.68 Å². The molecular weight excluding hydrogens is 306 g/mol. The first-order valence-corrected chi connectivity index (χ1v) is 9.75. The third kappa shape index (κ3) is 4.96. The summed E-state index contributed by atoms with van der Waals surface area (Å²) in [5.41, 5.74) is 0. The van der Waals surface area contributed by atoms with Crippen molar-refractivity contribution in [1.29, 1.82) is 0 Å². The van der Waals surface area contributed by atoms with Crippen LogP contribution in [-0.4, -0.2) is 29.4 Å². The molecule has 96 valence electrons. The van der Waals surface area contributed by atoms with Crippen molar-refractivity contribution < 1.29 is 9.66 Å². The predicted octanol–water partition coefficient (Wildman–Crippen LogP) is 2.87. The van der Waals surface area contributed by atoms with Crippen LogP contribution in [0.25, 0.3) is 0 Å². The number of aromatic nitrogens is 2. The van der Waals surface area contributed by atoms with E-state index in [0.717, 1.165) is 6.04 Å². The lowest BCUT2D eigenvalue weighted by Gasteiger charge is -2.14. The van der Waals surface area contributed by atoms with Crippen LogP contribution in [0, 0.1) is 10.1 Å². The Bertz CT molecular complexity index is 403. The first-order valence-electron chi connectivity index (χ1n) is 5.25. The van der Waals surface area contributed by atoms with E-state index in [0.29, 0.717) is 11.1 Å². The van der Waals surface area contributed by atoms with Crippen LogP contribution in [0.15, 0.2) is 10.7 Å². The van der Waals surface area contributed by atoms with E-state index in [-0.39, 0.29) is 12.5 Å². The number of halogens is 1. The minimum atomic E-state index is -1.09. The van der Waals surface area contributed by atoms with E-state index >= 15 is 0 Å².